The fraction of sp³-hybridized carbons (Fsp3) is 0.308. The van der Waals surface area contributed by atoms with Gasteiger partial charge < -0.3 is 18.9 Å². The Labute approximate surface area is 204 Å². The molecule has 34 heavy (non-hydrogen) atoms. The highest BCUT2D eigenvalue weighted by Crippen LogP contribution is 2.40. The number of rotatable bonds is 8. The molecule has 4 rings (SSSR count). The highest BCUT2D eigenvalue weighted by molar-refractivity contribution is 6.30. The van der Waals surface area contributed by atoms with Gasteiger partial charge in [-0.3, -0.25) is 5.01 Å². The van der Waals surface area contributed by atoms with E-state index in [0.29, 0.717) is 40.9 Å². The maximum Gasteiger partial charge on any atom is 0.161 e. The third kappa shape index (κ3) is 5.04. The average Bonchev–Trinajstić information content (AvgIpc) is 2.87. The van der Waals surface area contributed by atoms with Crippen LogP contribution in [0.5, 0.6) is 23.0 Å². The number of halogens is 1. The van der Waals surface area contributed by atoms with Gasteiger partial charge in [0.25, 0.3) is 0 Å². The molecule has 0 amide bonds. The summed E-state index contributed by atoms with van der Waals surface area (Å²) in [7, 11) is 6.57. The Bertz CT molecular complexity index is 1180. The lowest BCUT2D eigenvalue weighted by Crippen LogP contribution is -2.32. The lowest BCUT2D eigenvalue weighted by molar-refractivity contribution is 0.177. The summed E-state index contributed by atoms with van der Waals surface area (Å²) < 4.78 is 22.0. The van der Waals surface area contributed by atoms with Gasteiger partial charge in [-0.15, -0.1) is 5.11 Å². The predicted octanol–water partition coefficient (Wildman–Crippen LogP) is 6.22. The fourth-order valence-corrected chi connectivity index (χ4v) is 4.40. The summed E-state index contributed by atoms with van der Waals surface area (Å²) >= 11 is 6.12. The molecular weight excluding hydrogens is 454 g/mol. The van der Waals surface area contributed by atoms with E-state index in [4.69, 9.17) is 30.5 Å². The number of methoxy groups -OCH3 is 4. The van der Waals surface area contributed by atoms with Crippen molar-refractivity contribution in [2.75, 3.05) is 35.0 Å². The Morgan fingerprint density at radius 1 is 0.853 bits per heavy atom. The first-order chi connectivity index (χ1) is 16.6. The molecule has 3 aromatic rings. The quantitative estimate of drug-likeness (QED) is 0.357. The molecule has 1 unspecified atom stereocenters. The van der Waals surface area contributed by atoms with Crippen LogP contribution < -0.4 is 18.9 Å². The van der Waals surface area contributed by atoms with Crippen molar-refractivity contribution >= 4 is 17.3 Å². The molecule has 0 fully saturated rings. The van der Waals surface area contributed by atoms with Gasteiger partial charge in [-0.2, -0.15) is 0 Å². The molecule has 0 aromatic heterocycles. The van der Waals surface area contributed by atoms with E-state index in [1.165, 1.54) is 5.56 Å². The molecule has 178 valence electrons. The second kappa shape index (κ2) is 10.7. The van der Waals surface area contributed by atoms with Crippen molar-refractivity contribution in [2.45, 2.75) is 18.9 Å². The summed E-state index contributed by atoms with van der Waals surface area (Å²) in [6.07, 6.45) is 1.50. The minimum Gasteiger partial charge on any atom is -0.493 e. The van der Waals surface area contributed by atoms with Crippen molar-refractivity contribution in [3.05, 3.63) is 76.3 Å². The van der Waals surface area contributed by atoms with Gasteiger partial charge in [0.15, 0.2) is 23.0 Å². The van der Waals surface area contributed by atoms with Crippen LogP contribution in [-0.4, -0.2) is 40.0 Å². The van der Waals surface area contributed by atoms with Gasteiger partial charge in [-0.25, -0.2) is 0 Å². The van der Waals surface area contributed by atoms with Crippen molar-refractivity contribution in [1.82, 2.24) is 5.01 Å². The number of fused-ring (bicyclic) bond motifs is 1. The van der Waals surface area contributed by atoms with E-state index >= 15 is 0 Å². The van der Waals surface area contributed by atoms with Crippen LogP contribution in [-0.2, 0) is 12.8 Å². The number of ether oxygens (including phenoxy) is 4. The molecule has 0 bridgehead atoms. The topological polar surface area (TPSA) is 64.9 Å². The summed E-state index contributed by atoms with van der Waals surface area (Å²) in [6, 6.07) is 17.3. The first kappa shape index (κ1) is 23.7. The van der Waals surface area contributed by atoms with Gasteiger partial charge in [-0.1, -0.05) is 29.0 Å². The van der Waals surface area contributed by atoms with Crippen LogP contribution in [0.1, 0.15) is 22.7 Å². The molecule has 1 heterocycles. The lowest BCUT2D eigenvalue weighted by Gasteiger charge is -2.35. The molecule has 0 saturated carbocycles. The van der Waals surface area contributed by atoms with Crippen LogP contribution in [0.3, 0.4) is 0 Å². The van der Waals surface area contributed by atoms with E-state index in [9.17, 15) is 0 Å². The van der Waals surface area contributed by atoms with Crippen molar-refractivity contribution in [2.24, 2.45) is 10.3 Å². The molecule has 1 aliphatic rings. The SMILES string of the molecule is COc1ccc(CC2c3cc(OC)c(OC)cc3CCN2N=Nc2cccc(Cl)c2)cc1OC. The molecule has 0 N–H and O–H groups in total. The van der Waals surface area contributed by atoms with Gasteiger partial charge in [-0.05, 0) is 72.0 Å². The van der Waals surface area contributed by atoms with Crippen molar-refractivity contribution in [1.29, 1.82) is 0 Å². The zero-order chi connectivity index (χ0) is 24.1. The first-order valence-corrected chi connectivity index (χ1v) is 11.3. The minimum atomic E-state index is -0.0652. The molecular formula is C26H28ClN3O4. The first-order valence-electron chi connectivity index (χ1n) is 11.0. The highest BCUT2D eigenvalue weighted by Gasteiger charge is 2.29. The third-order valence-corrected chi connectivity index (χ3v) is 6.17. The maximum atomic E-state index is 6.12. The van der Waals surface area contributed by atoms with Gasteiger partial charge in [0.1, 0.15) is 0 Å². The van der Waals surface area contributed by atoms with Gasteiger partial charge >= 0.3 is 0 Å². The summed E-state index contributed by atoms with van der Waals surface area (Å²) in [6.45, 7) is 0.713. The fourth-order valence-electron chi connectivity index (χ4n) is 4.22. The molecule has 7 nitrogen and oxygen atoms in total. The Morgan fingerprint density at radius 2 is 1.56 bits per heavy atom. The van der Waals surface area contributed by atoms with Crippen LogP contribution in [0.2, 0.25) is 5.02 Å². The summed E-state index contributed by atoms with van der Waals surface area (Å²) in [5, 5.41) is 11.7. The summed E-state index contributed by atoms with van der Waals surface area (Å²) in [5.74, 6) is 2.79. The van der Waals surface area contributed by atoms with Crippen molar-refractivity contribution in [3.8, 4) is 23.0 Å². The van der Waals surface area contributed by atoms with Crippen LogP contribution >= 0.6 is 11.6 Å². The van der Waals surface area contributed by atoms with Crippen LogP contribution in [0.4, 0.5) is 5.69 Å². The highest BCUT2D eigenvalue weighted by atomic mass is 35.5. The zero-order valence-corrected chi connectivity index (χ0v) is 20.5. The smallest absolute Gasteiger partial charge is 0.161 e. The van der Waals surface area contributed by atoms with Crippen molar-refractivity contribution < 1.29 is 18.9 Å². The van der Waals surface area contributed by atoms with E-state index in [1.807, 2.05) is 47.5 Å². The van der Waals surface area contributed by atoms with E-state index in [2.05, 4.69) is 16.4 Å². The third-order valence-electron chi connectivity index (χ3n) is 5.93. The Kier molecular flexibility index (Phi) is 7.43. The predicted molar refractivity (Wildman–Crippen MR) is 132 cm³/mol. The summed E-state index contributed by atoms with van der Waals surface area (Å²) in [4.78, 5) is 0. The van der Waals surface area contributed by atoms with E-state index in [1.54, 1.807) is 34.5 Å². The number of hydrogen-bond acceptors (Lipinski definition) is 6. The second-order valence-electron chi connectivity index (χ2n) is 7.90. The Balaban J connectivity index is 1.73. The molecule has 0 aliphatic carbocycles. The Morgan fingerprint density at radius 3 is 2.26 bits per heavy atom. The zero-order valence-electron chi connectivity index (χ0n) is 19.7. The molecule has 0 spiro atoms. The largest absolute Gasteiger partial charge is 0.493 e. The summed E-state index contributed by atoms with van der Waals surface area (Å²) in [5.41, 5.74) is 4.13. The van der Waals surface area contributed by atoms with Gasteiger partial charge in [0, 0.05) is 11.6 Å². The monoisotopic (exact) mass is 481 g/mol. The van der Waals surface area contributed by atoms with Gasteiger partial charge in [0.2, 0.25) is 0 Å². The number of hydrogen-bond donors (Lipinski definition) is 0. The molecule has 1 atom stereocenters. The lowest BCUT2D eigenvalue weighted by atomic mass is 9.89. The standard InChI is InChI=1S/C26H28ClN3O4/c1-31-23-9-8-17(13-24(23)32-2)12-22-21-16-26(34-4)25(33-3)14-18(21)10-11-30(22)29-28-20-7-5-6-19(27)15-20/h5-9,13-16,22H,10-12H2,1-4H3. The number of nitrogens with zero attached hydrogens (tertiary/aromatic N) is 3. The van der Waals surface area contributed by atoms with Crippen LogP contribution in [0.15, 0.2) is 64.9 Å². The molecule has 8 heteroatoms. The minimum absolute atomic E-state index is 0.0652. The van der Waals surface area contributed by atoms with Gasteiger partial charge in [0.05, 0.1) is 40.2 Å². The average molecular weight is 482 g/mol. The van der Waals surface area contributed by atoms with Crippen LogP contribution in [0.25, 0.3) is 0 Å². The molecule has 0 saturated heterocycles. The van der Waals surface area contributed by atoms with E-state index in [-0.39, 0.29) is 6.04 Å². The van der Waals surface area contributed by atoms with Crippen molar-refractivity contribution in [3.63, 3.8) is 0 Å². The second-order valence-corrected chi connectivity index (χ2v) is 8.33. The van der Waals surface area contributed by atoms with Crippen LogP contribution in [0, 0.1) is 0 Å². The van der Waals surface area contributed by atoms with E-state index < -0.39 is 0 Å². The normalized spacial score (nSPS) is 15.2. The molecule has 0 radical (unpaired) electrons. The maximum absolute atomic E-state index is 6.12. The molecule has 1 aliphatic heterocycles. The molecule has 3 aromatic carbocycles. The Hall–Kier alpha value is -3.45. The number of benzene rings is 3. The van der Waals surface area contributed by atoms with E-state index in [0.717, 1.165) is 23.3 Å².